The molecule has 1 aromatic rings. The van der Waals surface area contributed by atoms with Crippen molar-refractivity contribution in [3.8, 4) is 0 Å². The molecule has 0 saturated carbocycles. The van der Waals surface area contributed by atoms with Gasteiger partial charge in [-0.3, -0.25) is 9.78 Å². The Morgan fingerprint density at radius 3 is 2.83 bits per heavy atom. The van der Waals surface area contributed by atoms with Crippen LogP contribution in [0.4, 0.5) is 0 Å². The third-order valence-corrected chi connectivity index (χ3v) is 1.94. The van der Waals surface area contributed by atoms with Crippen LogP contribution in [-0.2, 0) is 4.79 Å². The molecule has 1 heterocycles. The highest BCUT2D eigenvalue weighted by Gasteiger charge is 2.16. The van der Waals surface area contributed by atoms with Gasteiger partial charge in [0.1, 0.15) is 0 Å². The Hall–Kier alpha value is -1.03. The first-order valence-corrected chi connectivity index (χ1v) is 4.20. The van der Waals surface area contributed by atoms with Gasteiger partial charge >= 0.3 is 0 Å². The maximum Gasteiger partial charge on any atom is 0.227 e. The van der Waals surface area contributed by atoms with Crippen molar-refractivity contribution in [3.05, 3.63) is 30.1 Å². The first-order chi connectivity index (χ1) is 5.75. The van der Waals surface area contributed by atoms with Crippen molar-refractivity contribution in [2.75, 3.05) is 5.75 Å². The van der Waals surface area contributed by atoms with Gasteiger partial charge < -0.3 is 5.73 Å². The second-order valence-electron chi connectivity index (χ2n) is 2.39. The quantitative estimate of drug-likeness (QED) is 0.672. The van der Waals surface area contributed by atoms with E-state index in [2.05, 4.69) is 17.6 Å². The average molecular weight is 182 g/mol. The molecule has 0 spiro atoms. The maximum absolute atomic E-state index is 10.9. The summed E-state index contributed by atoms with van der Waals surface area (Å²) in [5.74, 6) is -0.370. The minimum Gasteiger partial charge on any atom is -0.369 e. The van der Waals surface area contributed by atoms with Crippen LogP contribution in [0.2, 0.25) is 0 Å². The largest absolute Gasteiger partial charge is 0.369 e. The molecule has 0 bridgehead atoms. The van der Waals surface area contributed by atoms with Gasteiger partial charge in [-0.1, -0.05) is 6.07 Å². The molecule has 1 unspecified atom stereocenters. The zero-order valence-corrected chi connectivity index (χ0v) is 7.37. The smallest absolute Gasteiger partial charge is 0.227 e. The van der Waals surface area contributed by atoms with Gasteiger partial charge in [0.25, 0.3) is 0 Å². The lowest BCUT2D eigenvalue weighted by Crippen LogP contribution is -2.23. The fraction of sp³-hybridized carbons (Fsp3) is 0.250. The predicted molar refractivity (Wildman–Crippen MR) is 50.0 cm³/mol. The number of rotatable bonds is 3. The first kappa shape index (κ1) is 9.06. The molecular weight excluding hydrogens is 172 g/mol. The van der Waals surface area contributed by atoms with Crippen LogP contribution in [0.25, 0.3) is 0 Å². The number of nitrogens with zero attached hydrogens (tertiary/aromatic N) is 1. The second-order valence-corrected chi connectivity index (χ2v) is 2.76. The van der Waals surface area contributed by atoms with Gasteiger partial charge in [-0.05, 0) is 12.1 Å². The molecule has 0 saturated heterocycles. The number of aromatic nitrogens is 1. The van der Waals surface area contributed by atoms with Gasteiger partial charge in [0.15, 0.2) is 0 Å². The minimum atomic E-state index is -0.385. The van der Waals surface area contributed by atoms with Crippen molar-refractivity contribution in [3.63, 3.8) is 0 Å². The molecule has 0 aliphatic rings. The average Bonchev–Trinajstić information content (AvgIpc) is 2.07. The normalized spacial score (nSPS) is 12.4. The Balaban J connectivity index is 2.88. The minimum absolute atomic E-state index is 0.380. The molecule has 1 aromatic heterocycles. The summed E-state index contributed by atoms with van der Waals surface area (Å²) >= 11 is 4.03. The zero-order chi connectivity index (χ0) is 8.97. The number of pyridine rings is 1. The number of amides is 1. The van der Waals surface area contributed by atoms with Gasteiger partial charge in [0, 0.05) is 11.9 Å². The first-order valence-electron chi connectivity index (χ1n) is 3.57. The molecule has 1 atom stereocenters. The summed E-state index contributed by atoms with van der Waals surface area (Å²) in [6.07, 6.45) is 1.63. The Morgan fingerprint density at radius 2 is 2.42 bits per heavy atom. The third kappa shape index (κ3) is 1.98. The molecule has 3 nitrogen and oxygen atoms in total. The summed E-state index contributed by atoms with van der Waals surface area (Å²) in [6, 6.07) is 5.38. The number of carbonyl (C=O) groups excluding carboxylic acids is 1. The molecule has 1 rings (SSSR count). The van der Waals surface area contributed by atoms with Gasteiger partial charge in [0.2, 0.25) is 5.91 Å². The van der Waals surface area contributed by atoms with E-state index >= 15 is 0 Å². The summed E-state index contributed by atoms with van der Waals surface area (Å²) < 4.78 is 0. The Labute approximate surface area is 76.4 Å². The van der Waals surface area contributed by atoms with E-state index in [4.69, 9.17) is 5.73 Å². The van der Waals surface area contributed by atoms with Crippen LogP contribution in [0.15, 0.2) is 24.4 Å². The number of hydrogen-bond donors (Lipinski definition) is 2. The number of carbonyl (C=O) groups is 1. The molecule has 0 aromatic carbocycles. The summed E-state index contributed by atoms with van der Waals surface area (Å²) in [5.41, 5.74) is 5.83. The maximum atomic E-state index is 10.9. The standard InChI is InChI=1S/C8H10N2OS/c9-8(11)6(5-12)7-3-1-2-4-10-7/h1-4,6,12H,5H2,(H2,9,11). The van der Waals surface area contributed by atoms with Crippen LogP contribution in [0, 0.1) is 0 Å². The van der Waals surface area contributed by atoms with Gasteiger partial charge in [-0.2, -0.15) is 12.6 Å². The Bertz CT molecular complexity index is 263. The molecule has 0 aliphatic carbocycles. The van der Waals surface area contributed by atoms with Crippen LogP contribution >= 0.6 is 12.6 Å². The van der Waals surface area contributed by atoms with Crippen molar-refractivity contribution in [2.24, 2.45) is 5.73 Å². The highest BCUT2D eigenvalue weighted by atomic mass is 32.1. The molecule has 12 heavy (non-hydrogen) atoms. The Morgan fingerprint density at radius 1 is 1.67 bits per heavy atom. The van der Waals surface area contributed by atoms with E-state index in [-0.39, 0.29) is 11.8 Å². The molecule has 0 aliphatic heterocycles. The van der Waals surface area contributed by atoms with Crippen LogP contribution in [0.5, 0.6) is 0 Å². The van der Waals surface area contributed by atoms with Crippen LogP contribution in [0.1, 0.15) is 11.6 Å². The number of thiol groups is 1. The van der Waals surface area contributed by atoms with Gasteiger partial charge in [0.05, 0.1) is 11.6 Å². The lowest BCUT2D eigenvalue weighted by atomic mass is 10.1. The van der Waals surface area contributed by atoms with E-state index < -0.39 is 0 Å². The van der Waals surface area contributed by atoms with E-state index in [0.717, 1.165) is 0 Å². The highest BCUT2D eigenvalue weighted by Crippen LogP contribution is 2.12. The fourth-order valence-electron chi connectivity index (χ4n) is 0.911. The van der Waals surface area contributed by atoms with Crippen molar-refractivity contribution >= 4 is 18.5 Å². The SMILES string of the molecule is NC(=O)C(CS)c1ccccn1. The van der Waals surface area contributed by atoms with E-state index in [9.17, 15) is 4.79 Å². The van der Waals surface area contributed by atoms with Crippen molar-refractivity contribution in [1.29, 1.82) is 0 Å². The van der Waals surface area contributed by atoms with Crippen LogP contribution < -0.4 is 5.73 Å². The number of primary amides is 1. The lowest BCUT2D eigenvalue weighted by Gasteiger charge is -2.08. The summed E-state index contributed by atoms with van der Waals surface area (Å²) in [7, 11) is 0. The van der Waals surface area contributed by atoms with Gasteiger partial charge in [-0.25, -0.2) is 0 Å². The molecule has 0 fully saturated rings. The van der Waals surface area contributed by atoms with Crippen molar-refractivity contribution in [1.82, 2.24) is 4.98 Å². The number of hydrogen-bond acceptors (Lipinski definition) is 3. The van der Waals surface area contributed by atoms with E-state index in [1.165, 1.54) is 0 Å². The molecule has 2 N–H and O–H groups in total. The fourth-order valence-corrected chi connectivity index (χ4v) is 1.28. The monoisotopic (exact) mass is 182 g/mol. The zero-order valence-electron chi connectivity index (χ0n) is 6.47. The summed E-state index contributed by atoms with van der Waals surface area (Å²) in [4.78, 5) is 14.9. The molecule has 1 amide bonds. The van der Waals surface area contributed by atoms with E-state index in [1.807, 2.05) is 6.07 Å². The van der Waals surface area contributed by atoms with Crippen molar-refractivity contribution in [2.45, 2.75) is 5.92 Å². The molecule has 64 valence electrons. The highest BCUT2D eigenvalue weighted by molar-refractivity contribution is 7.80. The van der Waals surface area contributed by atoms with Crippen LogP contribution in [-0.4, -0.2) is 16.6 Å². The molecule has 0 radical (unpaired) electrons. The van der Waals surface area contributed by atoms with E-state index in [0.29, 0.717) is 11.4 Å². The van der Waals surface area contributed by atoms with Crippen LogP contribution in [0.3, 0.4) is 0 Å². The second kappa shape index (κ2) is 4.11. The summed E-state index contributed by atoms with van der Waals surface area (Å²) in [6.45, 7) is 0. The molecular formula is C8H10N2OS. The lowest BCUT2D eigenvalue weighted by molar-refractivity contribution is -0.119. The predicted octanol–water partition coefficient (Wildman–Crippen LogP) is 0.580. The topological polar surface area (TPSA) is 56.0 Å². The molecule has 4 heteroatoms. The number of nitrogens with two attached hydrogens (primary N) is 1. The van der Waals surface area contributed by atoms with E-state index in [1.54, 1.807) is 18.3 Å². The van der Waals surface area contributed by atoms with Crippen molar-refractivity contribution < 1.29 is 4.79 Å². The Kier molecular flexibility index (Phi) is 3.10. The summed E-state index contributed by atoms with van der Waals surface area (Å²) in [5, 5.41) is 0. The van der Waals surface area contributed by atoms with Gasteiger partial charge in [-0.15, -0.1) is 0 Å². The third-order valence-electron chi connectivity index (χ3n) is 1.57.